The Morgan fingerprint density at radius 1 is 1.14 bits per heavy atom. The van der Waals surface area contributed by atoms with Crippen LogP contribution in [0.5, 0.6) is 0 Å². The number of halogens is 1. The summed E-state index contributed by atoms with van der Waals surface area (Å²) < 4.78 is 3.07. The van der Waals surface area contributed by atoms with Gasteiger partial charge in [-0.2, -0.15) is 0 Å². The van der Waals surface area contributed by atoms with Crippen molar-refractivity contribution in [1.29, 1.82) is 0 Å². The van der Waals surface area contributed by atoms with Gasteiger partial charge < -0.3 is 10.2 Å². The van der Waals surface area contributed by atoms with Crippen LogP contribution in [0.25, 0.3) is 0 Å². The van der Waals surface area contributed by atoms with E-state index in [1.807, 2.05) is 9.21 Å². The van der Waals surface area contributed by atoms with Gasteiger partial charge in [0.25, 0.3) is 0 Å². The monoisotopic (exact) mass is 394 g/mol. The molecule has 0 amide bonds. The molecule has 7 aliphatic rings. The van der Waals surface area contributed by atoms with Gasteiger partial charge in [0.05, 0.1) is 0 Å². The molecular formula is C18H23IN2. The van der Waals surface area contributed by atoms with Crippen LogP contribution in [0.3, 0.4) is 0 Å². The predicted molar refractivity (Wildman–Crippen MR) is 92.0 cm³/mol. The second-order valence-electron chi connectivity index (χ2n) is 8.83. The van der Waals surface area contributed by atoms with E-state index in [1.165, 1.54) is 19.3 Å². The molecule has 3 heterocycles. The van der Waals surface area contributed by atoms with E-state index >= 15 is 0 Å². The van der Waals surface area contributed by atoms with Crippen molar-refractivity contribution in [3.05, 3.63) is 11.4 Å². The van der Waals surface area contributed by atoms with Crippen molar-refractivity contribution in [2.75, 3.05) is 0 Å². The Kier molecular flexibility index (Phi) is 1.77. The van der Waals surface area contributed by atoms with Gasteiger partial charge in [-0.1, -0.05) is 13.3 Å². The molecule has 3 saturated carbocycles. The quantitative estimate of drug-likeness (QED) is 0.502. The molecule has 4 fully saturated rings. The molecular weight excluding hydrogens is 371 g/mol. The van der Waals surface area contributed by atoms with Crippen molar-refractivity contribution in [2.24, 2.45) is 41.4 Å². The maximum atomic E-state index is 4.01. The zero-order valence-electron chi connectivity index (χ0n) is 12.7. The number of alkyl halides is 1. The van der Waals surface area contributed by atoms with Gasteiger partial charge in [0, 0.05) is 45.0 Å². The Morgan fingerprint density at radius 3 is 2.90 bits per heavy atom. The summed E-state index contributed by atoms with van der Waals surface area (Å²) in [5, 5.41) is 4.01. The zero-order valence-corrected chi connectivity index (χ0v) is 14.9. The van der Waals surface area contributed by atoms with Gasteiger partial charge in [0.15, 0.2) is 0 Å². The minimum atomic E-state index is 0.454. The van der Waals surface area contributed by atoms with Crippen molar-refractivity contribution < 1.29 is 0 Å². The molecule has 0 aromatic carbocycles. The fourth-order valence-corrected chi connectivity index (χ4v) is 11.7. The lowest BCUT2D eigenvalue weighted by Gasteiger charge is -2.72. The summed E-state index contributed by atoms with van der Waals surface area (Å²) in [7, 11) is 0. The Balaban J connectivity index is 1.23. The Bertz CT molecular complexity index is 652. The molecule has 1 saturated heterocycles. The highest BCUT2D eigenvalue weighted by Gasteiger charge is 2.76. The second kappa shape index (κ2) is 3.25. The molecule has 4 aliphatic carbocycles. The molecule has 10 atom stereocenters. The van der Waals surface area contributed by atoms with E-state index < -0.39 is 0 Å². The van der Waals surface area contributed by atoms with E-state index in [-0.39, 0.29) is 0 Å². The molecule has 3 unspecified atom stereocenters. The maximum absolute atomic E-state index is 4.01. The van der Waals surface area contributed by atoms with Gasteiger partial charge in [0.2, 0.25) is 0 Å². The summed E-state index contributed by atoms with van der Waals surface area (Å²) in [6.45, 7) is 4.94. The molecule has 0 aromatic heterocycles. The lowest BCUT2D eigenvalue weighted by molar-refractivity contribution is -0.130. The van der Waals surface area contributed by atoms with Gasteiger partial charge in [-0.05, 0) is 41.0 Å². The van der Waals surface area contributed by atoms with Crippen LogP contribution < -0.4 is 5.32 Å². The summed E-state index contributed by atoms with van der Waals surface area (Å²) in [4.78, 5) is 2.91. The summed E-state index contributed by atoms with van der Waals surface area (Å²) >= 11 is 0.454. The van der Waals surface area contributed by atoms with Crippen LogP contribution in [0.2, 0.25) is 0 Å². The van der Waals surface area contributed by atoms with E-state index in [4.69, 9.17) is 0 Å². The lowest BCUT2D eigenvalue weighted by atomic mass is 9.43. The number of piperidine rings is 1. The largest absolute Gasteiger partial charge is 0.367 e. The van der Waals surface area contributed by atoms with Crippen molar-refractivity contribution in [3.8, 4) is 0 Å². The zero-order chi connectivity index (χ0) is 13.6. The van der Waals surface area contributed by atoms with Crippen LogP contribution >= 0.6 is 20.7 Å². The highest BCUT2D eigenvalue weighted by molar-refractivity contribution is 14.2. The van der Waals surface area contributed by atoms with Crippen LogP contribution in [0.15, 0.2) is 11.4 Å². The number of nitrogens with one attached hydrogen (secondary N) is 1. The van der Waals surface area contributed by atoms with E-state index in [2.05, 4.69) is 24.1 Å². The van der Waals surface area contributed by atoms with E-state index in [0.717, 1.165) is 57.6 Å². The van der Waals surface area contributed by atoms with E-state index in [9.17, 15) is 0 Å². The first-order chi connectivity index (χ1) is 10.3. The minimum Gasteiger partial charge on any atom is -0.367 e. The standard InChI is InChI=1S/C18H23IN2/c1-6-3-4-8-9(5-6)12-11(8)15-17(12)21-16-13(18(21)20-15)10-7(2)19-14(10)16/h6,8-14,16,18,20H,3-5H2,1-2H3/t6?,8-,9+,10+,11?,12?,13+,14+,16+,18-/m0/s1. The van der Waals surface area contributed by atoms with Crippen LogP contribution in [-0.4, -0.2) is 24.5 Å². The smallest absolute Gasteiger partial charge is 0.104 e. The highest BCUT2D eigenvalue weighted by atomic mass is 127. The number of rotatable bonds is 0. The molecule has 0 aromatic rings. The van der Waals surface area contributed by atoms with Crippen LogP contribution in [-0.2, 0) is 0 Å². The Labute approximate surface area is 136 Å². The Hall–Kier alpha value is -0.0600. The minimum absolute atomic E-state index is 0.454. The lowest BCUT2D eigenvalue weighted by Crippen LogP contribution is -2.82. The summed E-state index contributed by atoms with van der Waals surface area (Å²) in [6.07, 6.45) is 5.28. The third-order valence-corrected chi connectivity index (χ3v) is 12.2. The van der Waals surface area contributed by atoms with E-state index in [0.29, 0.717) is 20.7 Å². The fraction of sp³-hybridized carbons (Fsp3) is 0.833. The number of hydrogen-bond donors (Lipinski definition) is 1. The average molecular weight is 394 g/mol. The van der Waals surface area contributed by atoms with Crippen molar-refractivity contribution in [2.45, 2.75) is 49.2 Å². The van der Waals surface area contributed by atoms with Crippen molar-refractivity contribution in [3.63, 3.8) is 0 Å². The molecule has 0 radical (unpaired) electrons. The van der Waals surface area contributed by atoms with Crippen molar-refractivity contribution >= 4 is 24.2 Å². The second-order valence-corrected chi connectivity index (χ2v) is 12.6. The van der Waals surface area contributed by atoms with Gasteiger partial charge in [-0.25, -0.2) is 0 Å². The third-order valence-electron chi connectivity index (χ3n) is 8.25. The average Bonchev–Trinajstić information content (AvgIpc) is 2.66. The van der Waals surface area contributed by atoms with Gasteiger partial charge in [-0.15, -0.1) is 20.7 Å². The Morgan fingerprint density at radius 2 is 2.05 bits per heavy atom. The highest BCUT2D eigenvalue weighted by Crippen LogP contribution is 2.73. The predicted octanol–water partition coefficient (Wildman–Crippen LogP) is 2.91. The number of hydrogen-bond acceptors (Lipinski definition) is 2. The topological polar surface area (TPSA) is 15.3 Å². The molecule has 3 heteroatoms. The molecule has 0 spiro atoms. The SMILES string of the molecule is CC1=I[C@@H]2[C@H]1[C@@H]1[C@H]2N2C3=C(N[C@H]12)C1C3[C@@H]2CC(C)CC[C@H]12. The van der Waals surface area contributed by atoms with Crippen LogP contribution in [0.4, 0.5) is 0 Å². The number of fused-ring (bicyclic) bond motifs is 14. The molecule has 7 rings (SSSR count). The summed E-state index contributed by atoms with van der Waals surface area (Å²) in [5.41, 5.74) is 3.58. The van der Waals surface area contributed by atoms with Gasteiger partial charge >= 0.3 is 0 Å². The number of nitrogens with zero attached hydrogens (tertiary/aromatic N) is 1. The maximum Gasteiger partial charge on any atom is 0.104 e. The molecule has 3 aliphatic heterocycles. The van der Waals surface area contributed by atoms with Crippen molar-refractivity contribution in [1.82, 2.24) is 10.2 Å². The van der Waals surface area contributed by atoms with Gasteiger partial charge in [0.1, 0.15) is 6.17 Å². The normalized spacial score (nSPS) is 63.9. The summed E-state index contributed by atoms with van der Waals surface area (Å²) in [6, 6.07) is 0.998. The molecule has 2 nitrogen and oxygen atoms in total. The van der Waals surface area contributed by atoms with E-state index in [1.54, 1.807) is 5.70 Å². The molecule has 112 valence electrons. The first-order valence-electron chi connectivity index (χ1n) is 9.01. The van der Waals surface area contributed by atoms with Gasteiger partial charge in [-0.3, -0.25) is 0 Å². The molecule has 21 heavy (non-hydrogen) atoms. The summed E-state index contributed by atoms with van der Waals surface area (Å²) in [5.74, 6) is 7.15. The van der Waals surface area contributed by atoms with Crippen LogP contribution in [0, 0.1) is 41.4 Å². The number of allylic oxidation sites excluding steroid dienone is 2. The molecule has 1 N–H and O–H groups in total. The first-order valence-corrected chi connectivity index (χ1v) is 11.3. The fourth-order valence-electron chi connectivity index (χ4n) is 7.35. The van der Waals surface area contributed by atoms with Crippen LogP contribution in [0.1, 0.15) is 33.1 Å². The molecule has 0 bridgehead atoms. The third kappa shape index (κ3) is 0.980. The first kappa shape index (κ1) is 11.5.